The van der Waals surface area contributed by atoms with Gasteiger partial charge in [0.1, 0.15) is 11.6 Å². The Morgan fingerprint density at radius 3 is 2.50 bits per heavy atom. The van der Waals surface area contributed by atoms with E-state index in [0.29, 0.717) is 42.7 Å². The molecule has 2 aliphatic heterocycles. The molecule has 5 rings (SSSR count). The molecule has 1 aromatic heterocycles. The Bertz CT molecular complexity index is 1400. The molecule has 0 radical (unpaired) electrons. The fourth-order valence-electron chi connectivity index (χ4n) is 4.70. The first-order chi connectivity index (χ1) is 18.3. The van der Waals surface area contributed by atoms with E-state index in [1.165, 1.54) is 0 Å². The van der Waals surface area contributed by atoms with Crippen molar-refractivity contribution < 1.29 is 17.2 Å². The van der Waals surface area contributed by atoms with Crippen molar-refractivity contribution in [2.24, 2.45) is 0 Å². The van der Waals surface area contributed by atoms with Gasteiger partial charge in [0, 0.05) is 43.0 Å². The summed E-state index contributed by atoms with van der Waals surface area (Å²) in [6.07, 6.45) is 4.60. The van der Waals surface area contributed by atoms with E-state index in [9.17, 15) is 17.2 Å². The maximum Gasteiger partial charge on any atom is 0.233 e. The number of likely N-dealkylation sites (tertiary alicyclic amines) is 1. The highest BCUT2D eigenvalue weighted by Crippen LogP contribution is 2.32. The average Bonchev–Trinajstić information content (AvgIpc) is 3.35. The molecule has 0 bridgehead atoms. The minimum absolute atomic E-state index is 0.0351. The fraction of sp³-hybridized carbons (Fsp3) is 0.385. The number of nitrogens with one attached hydrogen (secondary N) is 2. The van der Waals surface area contributed by atoms with Crippen LogP contribution in [0.25, 0.3) is 11.3 Å². The van der Waals surface area contributed by atoms with Crippen LogP contribution in [-0.4, -0.2) is 61.8 Å². The monoisotopic (exact) mass is 562 g/mol. The van der Waals surface area contributed by atoms with Crippen molar-refractivity contribution in [3.8, 4) is 11.3 Å². The normalized spacial score (nSPS) is 16.1. The van der Waals surface area contributed by atoms with Crippen LogP contribution in [0, 0.1) is 11.6 Å². The van der Waals surface area contributed by atoms with Crippen LogP contribution in [0.4, 0.5) is 26.1 Å². The van der Waals surface area contributed by atoms with Gasteiger partial charge in [-0.25, -0.2) is 27.2 Å². The summed E-state index contributed by atoms with van der Waals surface area (Å²) in [7, 11) is -3.47. The third-order valence-electron chi connectivity index (χ3n) is 6.77. The molecule has 8 nitrogen and oxygen atoms in total. The van der Waals surface area contributed by atoms with E-state index in [0.717, 1.165) is 50.0 Å². The minimum atomic E-state index is -3.47. The molecule has 0 atom stereocenters. The van der Waals surface area contributed by atoms with Gasteiger partial charge in [-0.05, 0) is 56.6 Å². The van der Waals surface area contributed by atoms with Gasteiger partial charge >= 0.3 is 0 Å². The highest BCUT2D eigenvalue weighted by atomic mass is 35.5. The summed E-state index contributed by atoms with van der Waals surface area (Å²) in [5, 5.41) is 2.99. The number of nitrogens with zero attached hydrogens (tertiary/aromatic N) is 4. The van der Waals surface area contributed by atoms with Crippen molar-refractivity contribution in [2.75, 3.05) is 53.4 Å². The predicted molar refractivity (Wildman–Crippen MR) is 146 cm³/mol. The standard InChI is InChI=1S/C26H29ClF2N6O2S/c27-24-20(21(28)8-9-22(24)29)17-35-13-3-10-30-25-26(35)32-23(16-31-25)18-4-6-19(7-5-18)33-38(36,37)15-14-34-11-1-2-12-34/h4-9,16,33H,1-3,10-15,17H2,(H,30,31). The molecule has 3 aromatic rings. The van der Waals surface area contributed by atoms with Gasteiger partial charge in [-0.15, -0.1) is 0 Å². The molecule has 0 aliphatic carbocycles. The molecule has 12 heteroatoms. The highest BCUT2D eigenvalue weighted by molar-refractivity contribution is 7.92. The Morgan fingerprint density at radius 1 is 1.00 bits per heavy atom. The Hall–Kier alpha value is -3.02. The van der Waals surface area contributed by atoms with Crippen LogP contribution < -0.4 is 14.9 Å². The summed E-state index contributed by atoms with van der Waals surface area (Å²) in [6.45, 7) is 3.65. The van der Waals surface area contributed by atoms with Gasteiger partial charge < -0.3 is 15.1 Å². The molecule has 3 heterocycles. The van der Waals surface area contributed by atoms with Crippen LogP contribution in [0.5, 0.6) is 0 Å². The summed E-state index contributed by atoms with van der Waals surface area (Å²) in [6, 6.07) is 8.99. The lowest BCUT2D eigenvalue weighted by Gasteiger charge is -2.24. The maximum atomic E-state index is 14.5. The zero-order valence-corrected chi connectivity index (χ0v) is 22.3. The SMILES string of the molecule is O=S(=O)(CCN1CCCC1)Nc1ccc(-c2cnc3c(n2)N(Cc2c(F)ccc(F)c2Cl)CCCN3)cc1. The van der Waals surface area contributed by atoms with Gasteiger partial charge in [-0.2, -0.15) is 0 Å². The lowest BCUT2D eigenvalue weighted by atomic mass is 10.1. The predicted octanol–water partition coefficient (Wildman–Crippen LogP) is 4.73. The first kappa shape index (κ1) is 26.6. The average molecular weight is 563 g/mol. The molecule has 202 valence electrons. The summed E-state index contributed by atoms with van der Waals surface area (Å²) < 4.78 is 56.2. The molecule has 2 aliphatic rings. The number of fused-ring (bicyclic) bond motifs is 1. The van der Waals surface area contributed by atoms with Gasteiger partial charge in [-0.1, -0.05) is 23.7 Å². The van der Waals surface area contributed by atoms with E-state index < -0.39 is 21.7 Å². The van der Waals surface area contributed by atoms with Gasteiger partial charge in [0.25, 0.3) is 0 Å². The quantitative estimate of drug-likeness (QED) is 0.383. The first-order valence-electron chi connectivity index (χ1n) is 12.6. The molecule has 1 fully saturated rings. The lowest BCUT2D eigenvalue weighted by molar-refractivity contribution is 0.359. The van der Waals surface area contributed by atoms with Crippen molar-refractivity contribution in [1.29, 1.82) is 0 Å². The van der Waals surface area contributed by atoms with Crippen molar-refractivity contribution in [3.05, 3.63) is 64.8 Å². The second kappa shape index (κ2) is 11.4. The third-order valence-corrected chi connectivity index (χ3v) is 8.44. The second-order valence-corrected chi connectivity index (χ2v) is 11.7. The van der Waals surface area contributed by atoms with E-state index >= 15 is 0 Å². The number of rotatable bonds is 8. The number of aromatic nitrogens is 2. The molecular weight excluding hydrogens is 534 g/mol. The number of hydrogen-bond donors (Lipinski definition) is 2. The van der Waals surface area contributed by atoms with E-state index in [1.54, 1.807) is 30.5 Å². The number of sulfonamides is 1. The van der Waals surface area contributed by atoms with Gasteiger partial charge in [0.2, 0.25) is 10.0 Å². The number of halogens is 3. The Labute approximate surface area is 226 Å². The molecule has 0 saturated carbocycles. The van der Waals surface area contributed by atoms with Gasteiger partial charge in [0.05, 0.1) is 22.7 Å². The van der Waals surface area contributed by atoms with Crippen molar-refractivity contribution >= 4 is 38.9 Å². The fourth-order valence-corrected chi connectivity index (χ4v) is 6.01. The van der Waals surface area contributed by atoms with Crippen molar-refractivity contribution in [3.63, 3.8) is 0 Å². The topological polar surface area (TPSA) is 90.5 Å². The third kappa shape index (κ3) is 6.16. The Balaban J connectivity index is 1.34. The molecule has 0 unspecified atom stereocenters. The zero-order chi connectivity index (χ0) is 26.7. The largest absolute Gasteiger partial charge is 0.367 e. The second-order valence-electron chi connectivity index (χ2n) is 9.50. The van der Waals surface area contributed by atoms with Gasteiger partial charge in [-0.3, -0.25) is 4.72 Å². The van der Waals surface area contributed by atoms with E-state index in [4.69, 9.17) is 16.6 Å². The summed E-state index contributed by atoms with van der Waals surface area (Å²) >= 11 is 6.08. The van der Waals surface area contributed by atoms with Crippen LogP contribution in [0.1, 0.15) is 24.8 Å². The van der Waals surface area contributed by atoms with E-state index in [1.807, 2.05) is 4.90 Å². The number of hydrogen-bond acceptors (Lipinski definition) is 7. The Kier molecular flexibility index (Phi) is 7.96. The maximum absolute atomic E-state index is 14.5. The van der Waals surface area contributed by atoms with E-state index in [-0.39, 0.29) is 22.9 Å². The van der Waals surface area contributed by atoms with Crippen LogP contribution in [-0.2, 0) is 16.6 Å². The van der Waals surface area contributed by atoms with Crippen LogP contribution in [0.2, 0.25) is 5.02 Å². The highest BCUT2D eigenvalue weighted by Gasteiger charge is 2.23. The van der Waals surface area contributed by atoms with E-state index in [2.05, 4.69) is 19.9 Å². The molecular formula is C26H29ClF2N6O2S. The molecule has 0 amide bonds. The Morgan fingerprint density at radius 2 is 1.74 bits per heavy atom. The smallest absolute Gasteiger partial charge is 0.233 e. The molecule has 1 saturated heterocycles. The first-order valence-corrected chi connectivity index (χ1v) is 14.6. The van der Waals surface area contributed by atoms with Gasteiger partial charge in [0.15, 0.2) is 11.6 Å². The number of anilines is 3. The zero-order valence-electron chi connectivity index (χ0n) is 20.8. The van der Waals surface area contributed by atoms with Crippen LogP contribution >= 0.6 is 11.6 Å². The van der Waals surface area contributed by atoms with Crippen molar-refractivity contribution in [1.82, 2.24) is 14.9 Å². The summed E-state index contributed by atoms with van der Waals surface area (Å²) in [5.74, 6) is -0.169. The molecule has 38 heavy (non-hydrogen) atoms. The van der Waals surface area contributed by atoms with Crippen molar-refractivity contribution in [2.45, 2.75) is 25.8 Å². The number of benzene rings is 2. The molecule has 2 aromatic carbocycles. The lowest BCUT2D eigenvalue weighted by Crippen LogP contribution is -2.29. The van der Waals surface area contributed by atoms with Crippen LogP contribution in [0.3, 0.4) is 0 Å². The minimum Gasteiger partial charge on any atom is -0.367 e. The van der Waals surface area contributed by atoms with Crippen LogP contribution in [0.15, 0.2) is 42.6 Å². The molecule has 2 N–H and O–H groups in total. The summed E-state index contributed by atoms with van der Waals surface area (Å²) in [5.41, 5.74) is 1.83. The molecule has 0 spiro atoms. The summed E-state index contributed by atoms with van der Waals surface area (Å²) in [4.78, 5) is 13.3.